The molecule has 0 heterocycles. The zero-order valence-electron chi connectivity index (χ0n) is 19.5. The minimum absolute atomic E-state index is 0.0705. The Morgan fingerprint density at radius 3 is 1.55 bits per heavy atom. The normalized spacial score (nSPS) is 16.7. The van der Waals surface area contributed by atoms with Gasteiger partial charge in [-0.3, -0.25) is 0 Å². The van der Waals surface area contributed by atoms with Crippen molar-refractivity contribution in [3.8, 4) is 0 Å². The van der Waals surface area contributed by atoms with Gasteiger partial charge < -0.3 is 5.11 Å². The van der Waals surface area contributed by atoms with Crippen LogP contribution in [-0.2, 0) is 5.60 Å². The number of aliphatic hydroxyl groups is 1. The van der Waals surface area contributed by atoms with Crippen LogP contribution in [0.3, 0.4) is 0 Å². The molecule has 1 N–H and O–H groups in total. The molecule has 0 aliphatic rings. The molecule has 0 saturated carbocycles. The van der Waals surface area contributed by atoms with E-state index in [9.17, 15) is 62.2 Å². The third kappa shape index (κ3) is 4.84. The maximum Gasteiger partial charge on any atom is 0.460 e. The number of halogens is 13. The minimum atomic E-state index is -8.01. The average molecular weight is 572 g/mol. The lowest BCUT2D eigenvalue weighted by Gasteiger charge is -2.42. The monoisotopic (exact) mass is 572 g/mol. The molecule has 0 aliphatic heterocycles. The van der Waals surface area contributed by atoms with E-state index in [1.54, 1.807) is 6.92 Å². The van der Waals surface area contributed by atoms with Gasteiger partial charge in [0.2, 0.25) is 0 Å². The fraction of sp³-hybridized carbons (Fsp3) is 0.500. The molecule has 38 heavy (non-hydrogen) atoms. The molecule has 0 fully saturated rings. The third-order valence-electron chi connectivity index (χ3n) is 6.28. The Morgan fingerprint density at radius 2 is 1.08 bits per heavy atom. The van der Waals surface area contributed by atoms with Gasteiger partial charge in [0.25, 0.3) is 0 Å². The molecule has 0 aromatic heterocycles. The molecule has 0 spiro atoms. The van der Waals surface area contributed by atoms with E-state index in [4.69, 9.17) is 0 Å². The lowest BCUT2D eigenvalue weighted by Crippen LogP contribution is -2.70. The van der Waals surface area contributed by atoms with Crippen molar-refractivity contribution in [2.75, 3.05) is 0 Å². The van der Waals surface area contributed by atoms with Gasteiger partial charge in [0, 0.05) is 0 Å². The van der Waals surface area contributed by atoms with Gasteiger partial charge in [-0.15, -0.1) is 0 Å². The van der Waals surface area contributed by atoms with Crippen molar-refractivity contribution in [2.45, 2.75) is 74.0 Å². The summed E-state index contributed by atoms with van der Waals surface area (Å²) in [5.41, 5.74) is -4.36. The molecule has 0 bridgehead atoms. The Labute approximate surface area is 208 Å². The van der Waals surface area contributed by atoms with Crippen molar-refractivity contribution < 1.29 is 62.2 Å². The first kappa shape index (κ1) is 31.7. The van der Waals surface area contributed by atoms with Gasteiger partial charge in [-0.1, -0.05) is 68.4 Å². The van der Waals surface area contributed by atoms with Crippen LogP contribution in [0.15, 0.2) is 54.6 Å². The van der Waals surface area contributed by atoms with Gasteiger partial charge in [0.1, 0.15) is 5.60 Å². The summed E-state index contributed by atoms with van der Waals surface area (Å²) in [5.74, 6) is -38.3. The van der Waals surface area contributed by atoms with Gasteiger partial charge in [-0.2, -0.15) is 57.1 Å². The fourth-order valence-electron chi connectivity index (χ4n) is 3.82. The first-order chi connectivity index (χ1) is 17.0. The standard InChI is InChI=1S/C24H21F13O/c1-3-14(2)16-11-7-8-12-17(16)18(38,15-9-5-4-6-10-15)13-19(25,26)20(27,28)21(29,30)22(31,32)23(33,34)24(35,36)37/h4-12,14,38H,3,13H2,1-2H3. The van der Waals surface area contributed by atoms with Gasteiger partial charge in [-0.05, 0) is 29.0 Å². The van der Waals surface area contributed by atoms with E-state index in [-0.39, 0.29) is 5.56 Å². The van der Waals surface area contributed by atoms with E-state index in [1.807, 2.05) is 0 Å². The van der Waals surface area contributed by atoms with Crippen molar-refractivity contribution >= 4 is 0 Å². The molecule has 2 aromatic carbocycles. The molecule has 2 aromatic rings. The maximum absolute atomic E-state index is 14.9. The predicted molar refractivity (Wildman–Crippen MR) is 110 cm³/mol. The molecule has 2 rings (SSSR count). The van der Waals surface area contributed by atoms with E-state index in [0.29, 0.717) is 6.42 Å². The highest BCUT2D eigenvalue weighted by Crippen LogP contribution is 2.61. The molecule has 0 radical (unpaired) electrons. The summed E-state index contributed by atoms with van der Waals surface area (Å²) in [6.45, 7) is 3.15. The predicted octanol–water partition coefficient (Wildman–Crippen LogP) is 8.56. The number of rotatable bonds is 10. The average Bonchev–Trinajstić information content (AvgIpc) is 2.82. The Hall–Kier alpha value is -2.51. The van der Waals surface area contributed by atoms with E-state index in [2.05, 4.69) is 0 Å². The quantitative estimate of drug-likeness (QED) is 0.283. The second-order valence-electron chi connectivity index (χ2n) is 8.80. The molecule has 0 saturated heterocycles. The van der Waals surface area contributed by atoms with E-state index in [1.165, 1.54) is 25.1 Å². The maximum atomic E-state index is 14.9. The van der Waals surface area contributed by atoms with Crippen LogP contribution in [0.25, 0.3) is 0 Å². The number of hydrogen-bond donors (Lipinski definition) is 1. The zero-order valence-corrected chi connectivity index (χ0v) is 19.5. The van der Waals surface area contributed by atoms with Crippen molar-refractivity contribution in [1.29, 1.82) is 0 Å². The highest BCUT2D eigenvalue weighted by atomic mass is 19.4. The topological polar surface area (TPSA) is 20.2 Å². The number of hydrogen-bond acceptors (Lipinski definition) is 1. The highest BCUT2D eigenvalue weighted by molar-refractivity contribution is 5.43. The Kier molecular flexibility index (Phi) is 8.27. The van der Waals surface area contributed by atoms with Gasteiger partial charge >= 0.3 is 35.8 Å². The SMILES string of the molecule is CCC(C)c1ccccc1C(O)(CC(F)(F)C(F)(F)C(F)(F)C(F)(F)C(F)(F)C(F)(F)F)c1ccccc1. The summed E-state index contributed by atoms with van der Waals surface area (Å²) in [7, 11) is 0. The Bertz CT molecular complexity index is 1100. The molecule has 14 heteroatoms. The molecular formula is C24H21F13O. The molecule has 214 valence electrons. The summed E-state index contributed by atoms with van der Waals surface area (Å²) in [4.78, 5) is 0. The van der Waals surface area contributed by atoms with Crippen LogP contribution in [0, 0.1) is 0 Å². The van der Waals surface area contributed by atoms with Crippen LogP contribution in [0.4, 0.5) is 57.1 Å². The summed E-state index contributed by atoms with van der Waals surface area (Å²) >= 11 is 0. The summed E-state index contributed by atoms with van der Waals surface area (Å²) < 4.78 is 178. The lowest BCUT2D eigenvalue weighted by molar-refractivity contribution is -0.441. The zero-order chi connectivity index (χ0) is 29.6. The Morgan fingerprint density at radius 1 is 0.632 bits per heavy atom. The second-order valence-corrected chi connectivity index (χ2v) is 8.80. The van der Waals surface area contributed by atoms with Crippen molar-refractivity contribution in [1.82, 2.24) is 0 Å². The highest BCUT2D eigenvalue weighted by Gasteiger charge is 2.90. The van der Waals surface area contributed by atoms with Crippen LogP contribution in [-0.4, -0.2) is 40.9 Å². The molecule has 2 atom stereocenters. The first-order valence-electron chi connectivity index (χ1n) is 10.9. The second kappa shape index (κ2) is 9.91. The van der Waals surface area contributed by atoms with Gasteiger partial charge in [-0.25, -0.2) is 0 Å². The van der Waals surface area contributed by atoms with Crippen molar-refractivity contribution in [3.63, 3.8) is 0 Å². The van der Waals surface area contributed by atoms with E-state index < -0.39 is 64.9 Å². The van der Waals surface area contributed by atoms with Crippen LogP contribution < -0.4 is 0 Å². The molecular weight excluding hydrogens is 551 g/mol. The first-order valence-corrected chi connectivity index (χ1v) is 10.9. The van der Waals surface area contributed by atoms with E-state index >= 15 is 0 Å². The smallest absolute Gasteiger partial charge is 0.380 e. The summed E-state index contributed by atoms with van der Waals surface area (Å²) in [5, 5.41) is 11.4. The van der Waals surface area contributed by atoms with Crippen LogP contribution in [0.5, 0.6) is 0 Å². The minimum Gasteiger partial charge on any atom is -0.380 e. The largest absolute Gasteiger partial charge is 0.460 e. The molecule has 0 amide bonds. The van der Waals surface area contributed by atoms with Crippen LogP contribution in [0.2, 0.25) is 0 Å². The lowest BCUT2D eigenvalue weighted by atomic mass is 9.75. The number of alkyl halides is 13. The van der Waals surface area contributed by atoms with Crippen molar-refractivity contribution in [2.24, 2.45) is 0 Å². The van der Waals surface area contributed by atoms with E-state index in [0.717, 1.165) is 36.4 Å². The molecule has 1 nitrogen and oxygen atoms in total. The number of benzene rings is 2. The van der Waals surface area contributed by atoms with Gasteiger partial charge in [0.15, 0.2) is 0 Å². The summed E-state index contributed by atoms with van der Waals surface area (Å²) in [6.07, 6.45) is -9.98. The Balaban J connectivity index is 2.76. The fourth-order valence-corrected chi connectivity index (χ4v) is 3.82. The van der Waals surface area contributed by atoms with Crippen LogP contribution >= 0.6 is 0 Å². The van der Waals surface area contributed by atoms with Crippen LogP contribution in [0.1, 0.15) is 49.3 Å². The van der Waals surface area contributed by atoms with Gasteiger partial charge in [0.05, 0.1) is 6.42 Å². The summed E-state index contributed by atoms with van der Waals surface area (Å²) in [6, 6.07) is 10.2. The molecule has 0 aliphatic carbocycles. The third-order valence-corrected chi connectivity index (χ3v) is 6.28. The molecule has 2 unspecified atom stereocenters. The van der Waals surface area contributed by atoms with Crippen molar-refractivity contribution in [3.05, 3.63) is 71.3 Å².